The van der Waals surface area contributed by atoms with Gasteiger partial charge in [0.25, 0.3) is 0 Å². The summed E-state index contributed by atoms with van der Waals surface area (Å²) in [6.45, 7) is 2.83. The number of hydrogen-bond acceptors (Lipinski definition) is 6. The summed E-state index contributed by atoms with van der Waals surface area (Å²) < 4.78 is 1.37. The van der Waals surface area contributed by atoms with E-state index in [0.29, 0.717) is 23.8 Å². The molecule has 0 saturated heterocycles. The van der Waals surface area contributed by atoms with E-state index in [0.717, 1.165) is 19.4 Å². The lowest BCUT2D eigenvalue weighted by molar-refractivity contribution is -0.137. The molecule has 108 valence electrons. The standard InChI is InChI=1S/C12H18N6O2/c1-2-9(3-6-12(19)20)7-8-13-10-4-5-11-14-16-17-18(11)15-10/h4-5,9H,2-3,6-8H2,1H3,(H,13,15)(H,19,20). The number of fused-ring (bicyclic) bond motifs is 1. The second kappa shape index (κ2) is 6.78. The van der Waals surface area contributed by atoms with Crippen molar-refractivity contribution >= 4 is 17.4 Å². The largest absolute Gasteiger partial charge is 0.481 e. The van der Waals surface area contributed by atoms with Gasteiger partial charge in [0, 0.05) is 13.0 Å². The van der Waals surface area contributed by atoms with E-state index in [-0.39, 0.29) is 6.42 Å². The van der Waals surface area contributed by atoms with E-state index >= 15 is 0 Å². The summed E-state index contributed by atoms with van der Waals surface area (Å²) in [5, 5.41) is 27.1. The molecular weight excluding hydrogens is 260 g/mol. The molecule has 0 fully saturated rings. The Bertz CT molecular complexity index is 570. The lowest BCUT2D eigenvalue weighted by Crippen LogP contribution is -2.12. The zero-order valence-electron chi connectivity index (χ0n) is 11.4. The van der Waals surface area contributed by atoms with Crippen molar-refractivity contribution in [2.24, 2.45) is 5.92 Å². The highest BCUT2D eigenvalue weighted by molar-refractivity contribution is 5.66. The van der Waals surface area contributed by atoms with E-state index in [9.17, 15) is 4.79 Å². The minimum atomic E-state index is -0.734. The summed E-state index contributed by atoms with van der Waals surface area (Å²) in [5.41, 5.74) is 0.600. The summed E-state index contributed by atoms with van der Waals surface area (Å²) in [4.78, 5) is 10.6. The SMILES string of the molecule is CCC(CCNc1ccc2nnnn2n1)CCC(=O)O. The van der Waals surface area contributed by atoms with Crippen LogP contribution >= 0.6 is 0 Å². The van der Waals surface area contributed by atoms with Crippen molar-refractivity contribution in [2.45, 2.75) is 32.6 Å². The molecule has 8 nitrogen and oxygen atoms in total. The first-order valence-electron chi connectivity index (χ1n) is 6.70. The third kappa shape index (κ3) is 3.87. The van der Waals surface area contributed by atoms with Crippen molar-refractivity contribution < 1.29 is 9.90 Å². The zero-order chi connectivity index (χ0) is 14.4. The first-order valence-corrected chi connectivity index (χ1v) is 6.70. The van der Waals surface area contributed by atoms with Crippen molar-refractivity contribution in [1.82, 2.24) is 25.3 Å². The third-order valence-electron chi connectivity index (χ3n) is 3.27. The molecule has 0 spiro atoms. The lowest BCUT2D eigenvalue weighted by atomic mass is 9.97. The van der Waals surface area contributed by atoms with Crippen LogP contribution in [0.15, 0.2) is 12.1 Å². The Morgan fingerprint density at radius 2 is 2.30 bits per heavy atom. The highest BCUT2D eigenvalue weighted by atomic mass is 16.4. The van der Waals surface area contributed by atoms with E-state index in [2.05, 4.69) is 32.9 Å². The number of carboxylic acid groups (broad SMARTS) is 1. The van der Waals surface area contributed by atoms with E-state index in [1.54, 1.807) is 6.07 Å². The summed E-state index contributed by atoms with van der Waals surface area (Å²) in [6, 6.07) is 3.61. The molecule has 0 radical (unpaired) electrons. The Kier molecular flexibility index (Phi) is 4.80. The fourth-order valence-corrected chi connectivity index (χ4v) is 2.03. The average molecular weight is 278 g/mol. The summed E-state index contributed by atoms with van der Waals surface area (Å²) in [5.74, 6) is 0.385. The summed E-state index contributed by atoms with van der Waals surface area (Å²) >= 11 is 0. The van der Waals surface area contributed by atoms with Gasteiger partial charge in [-0.05, 0) is 41.3 Å². The molecule has 0 aliphatic heterocycles. The number of tetrazole rings is 1. The van der Waals surface area contributed by atoms with Gasteiger partial charge in [0.2, 0.25) is 0 Å². The quantitative estimate of drug-likeness (QED) is 0.747. The molecule has 1 atom stereocenters. The van der Waals surface area contributed by atoms with Crippen LogP contribution < -0.4 is 5.32 Å². The fourth-order valence-electron chi connectivity index (χ4n) is 2.03. The molecule has 0 aromatic carbocycles. The normalized spacial score (nSPS) is 12.4. The molecule has 2 N–H and O–H groups in total. The van der Waals surface area contributed by atoms with Crippen molar-refractivity contribution in [3.8, 4) is 0 Å². The van der Waals surface area contributed by atoms with Gasteiger partial charge in [-0.1, -0.05) is 13.3 Å². The molecule has 1 unspecified atom stereocenters. The van der Waals surface area contributed by atoms with Crippen LogP contribution in [-0.2, 0) is 4.79 Å². The Hall–Kier alpha value is -2.25. The second-order valence-corrected chi connectivity index (χ2v) is 4.67. The first-order chi connectivity index (χ1) is 9.69. The van der Waals surface area contributed by atoms with E-state index in [1.165, 1.54) is 4.63 Å². The number of nitrogens with zero attached hydrogens (tertiary/aromatic N) is 5. The van der Waals surface area contributed by atoms with Crippen molar-refractivity contribution in [1.29, 1.82) is 0 Å². The molecule has 0 amide bonds. The van der Waals surface area contributed by atoms with Crippen molar-refractivity contribution in [3.63, 3.8) is 0 Å². The van der Waals surface area contributed by atoms with Gasteiger partial charge in [-0.25, -0.2) is 0 Å². The number of hydrogen-bond donors (Lipinski definition) is 2. The van der Waals surface area contributed by atoms with Gasteiger partial charge in [-0.3, -0.25) is 4.79 Å². The van der Waals surface area contributed by atoms with Gasteiger partial charge in [-0.15, -0.1) is 14.8 Å². The van der Waals surface area contributed by atoms with Crippen LogP contribution in [0.5, 0.6) is 0 Å². The van der Waals surface area contributed by atoms with Crippen LogP contribution in [0.1, 0.15) is 32.6 Å². The molecule has 0 aliphatic carbocycles. The molecule has 0 bridgehead atoms. The topological polar surface area (TPSA) is 105 Å². The first kappa shape index (κ1) is 14.2. The van der Waals surface area contributed by atoms with Crippen molar-refractivity contribution in [3.05, 3.63) is 12.1 Å². The molecule has 8 heteroatoms. The highest BCUT2D eigenvalue weighted by Crippen LogP contribution is 2.15. The number of rotatable bonds is 8. The summed E-state index contributed by atoms with van der Waals surface area (Å²) in [7, 11) is 0. The predicted molar refractivity (Wildman–Crippen MR) is 72.3 cm³/mol. The second-order valence-electron chi connectivity index (χ2n) is 4.67. The van der Waals surface area contributed by atoms with Gasteiger partial charge >= 0.3 is 5.97 Å². The maximum atomic E-state index is 10.6. The minimum absolute atomic E-state index is 0.230. The fraction of sp³-hybridized carbons (Fsp3) is 0.583. The number of nitrogens with one attached hydrogen (secondary N) is 1. The average Bonchev–Trinajstić information content (AvgIpc) is 2.89. The number of carbonyl (C=O) groups is 1. The van der Waals surface area contributed by atoms with Crippen LogP contribution in [0.2, 0.25) is 0 Å². The highest BCUT2D eigenvalue weighted by Gasteiger charge is 2.09. The van der Waals surface area contributed by atoms with Crippen LogP contribution in [0.3, 0.4) is 0 Å². The smallest absolute Gasteiger partial charge is 0.303 e. The molecule has 2 aromatic rings. The maximum Gasteiger partial charge on any atom is 0.303 e. The van der Waals surface area contributed by atoms with Crippen LogP contribution in [0.4, 0.5) is 5.82 Å². The Balaban J connectivity index is 1.80. The number of anilines is 1. The zero-order valence-corrected chi connectivity index (χ0v) is 11.4. The number of aromatic nitrogens is 5. The van der Waals surface area contributed by atoms with Gasteiger partial charge in [-0.2, -0.15) is 0 Å². The van der Waals surface area contributed by atoms with Crippen molar-refractivity contribution in [2.75, 3.05) is 11.9 Å². The lowest BCUT2D eigenvalue weighted by Gasteiger charge is -2.14. The van der Waals surface area contributed by atoms with E-state index < -0.39 is 5.97 Å². The molecule has 2 aromatic heterocycles. The monoisotopic (exact) mass is 278 g/mol. The Labute approximate surface area is 116 Å². The van der Waals surface area contributed by atoms with E-state index in [1.807, 2.05) is 6.07 Å². The molecule has 0 saturated carbocycles. The van der Waals surface area contributed by atoms with Gasteiger partial charge in [0.15, 0.2) is 5.65 Å². The molecule has 2 heterocycles. The third-order valence-corrected chi connectivity index (χ3v) is 3.27. The van der Waals surface area contributed by atoms with Crippen LogP contribution in [-0.4, -0.2) is 42.9 Å². The minimum Gasteiger partial charge on any atom is -0.481 e. The van der Waals surface area contributed by atoms with E-state index in [4.69, 9.17) is 5.11 Å². The van der Waals surface area contributed by atoms with Crippen LogP contribution in [0.25, 0.3) is 5.65 Å². The molecule has 2 rings (SSSR count). The maximum absolute atomic E-state index is 10.6. The Morgan fingerprint density at radius 1 is 1.45 bits per heavy atom. The van der Waals surface area contributed by atoms with Crippen LogP contribution in [0, 0.1) is 5.92 Å². The molecule has 20 heavy (non-hydrogen) atoms. The summed E-state index contributed by atoms with van der Waals surface area (Å²) in [6.07, 6.45) is 2.84. The van der Waals surface area contributed by atoms with Gasteiger partial charge in [0.05, 0.1) is 0 Å². The number of carboxylic acids is 1. The van der Waals surface area contributed by atoms with Gasteiger partial charge in [0.1, 0.15) is 5.82 Å². The molecule has 0 aliphatic rings. The van der Waals surface area contributed by atoms with Gasteiger partial charge < -0.3 is 10.4 Å². The Morgan fingerprint density at radius 3 is 3.05 bits per heavy atom. The molecular formula is C12H18N6O2. The predicted octanol–water partition coefficient (Wildman–Crippen LogP) is 1.21. The number of aliphatic carboxylic acids is 1.